The molecule has 3 rings (SSSR count). The molecule has 0 radical (unpaired) electrons. The smallest absolute Gasteiger partial charge is 0.193 e. The zero-order valence-corrected chi connectivity index (χ0v) is 11.3. The number of carbonyl (C=O) groups is 1. The van der Waals surface area contributed by atoms with Crippen LogP contribution < -0.4 is 5.73 Å². The van der Waals surface area contributed by atoms with Crippen molar-refractivity contribution in [3.63, 3.8) is 0 Å². The van der Waals surface area contributed by atoms with Gasteiger partial charge >= 0.3 is 0 Å². The molecule has 2 aromatic heterocycles. The van der Waals surface area contributed by atoms with Crippen LogP contribution in [-0.4, -0.2) is 15.2 Å². The largest absolute Gasteiger partial charge is 0.398 e. The summed E-state index contributed by atoms with van der Waals surface area (Å²) >= 11 is 1.56. The first-order valence-electron chi connectivity index (χ1n) is 5.94. The number of hydrogen-bond donors (Lipinski definition) is 1. The summed E-state index contributed by atoms with van der Waals surface area (Å²) in [4.78, 5) is 17.6. The van der Waals surface area contributed by atoms with Crippen molar-refractivity contribution in [3.8, 4) is 0 Å². The molecule has 0 amide bonds. The van der Waals surface area contributed by atoms with Gasteiger partial charge in [0.15, 0.2) is 10.7 Å². The Morgan fingerprint density at radius 3 is 3.11 bits per heavy atom. The average molecular weight is 271 g/mol. The number of imidazole rings is 1. The van der Waals surface area contributed by atoms with Crippen molar-refractivity contribution in [2.45, 2.75) is 13.3 Å². The van der Waals surface area contributed by atoms with Crippen LogP contribution in [0.15, 0.2) is 36.0 Å². The molecule has 2 heterocycles. The summed E-state index contributed by atoms with van der Waals surface area (Å²) < 4.78 is 1.93. The lowest BCUT2D eigenvalue weighted by molar-refractivity contribution is 0.0991. The molecule has 5 heteroatoms. The van der Waals surface area contributed by atoms with E-state index >= 15 is 0 Å². The van der Waals surface area contributed by atoms with Crippen LogP contribution in [0.25, 0.3) is 4.96 Å². The number of rotatable bonds is 3. The number of fused-ring (bicyclic) bond motifs is 1. The molecule has 0 saturated carbocycles. The van der Waals surface area contributed by atoms with Gasteiger partial charge in [0.2, 0.25) is 0 Å². The number of nitrogens with zero attached hydrogens (tertiary/aromatic N) is 2. The van der Waals surface area contributed by atoms with Crippen LogP contribution in [-0.2, 0) is 6.42 Å². The van der Waals surface area contributed by atoms with Crippen LogP contribution in [0.5, 0.6) is 0 Å². The van der Waals surface area contributed by atoms with Gasteiger partial charge in [0.25, 0.3) is 0 Å². The Balaban J connectivity index is 1.88. The summed E-state index contributed by atoms with van der Waals surface area (Å²) in [7, 11) is 0. The Labute approximate surface area is 114 Å². The molecule has 0 spiro atoms. The van der Waals surface area contributed by atoms with Crippen LogP contribution in [0.4, 0.5) is 5.69 Å². The summed E-state index contributed by atoms with van der Waals surface area (Å²) in [6, 6.07) is 5.42. The number of benzene rings is 1. The van der Waals surface area contributed by atoms with Gasteiger partial charge in [-0.3, -0.25) is 9.20 Å². The molecule has 1 aromatic carbocycles. The molecule has 19 heavy (non-hydrogen) atoms. The van der Waals surface area contributed by atoms with Crippen LogP contribution in [0.1, 0.15) is 21.6 Å². The highest BCUT2D eigenvalue weighted by Gasteiger charge is 2.13. The standard InChI is InChI=1S/C14H13N3OS/c1-9-11(3-2-4-12(9)15)13(18)7-10-8-17-5-6-19-14(17)16-10/h2-6,8H,7,15H2,1H3. The first-order valence-corrected chi connectivity index (χ1v) is 6.82. The molecular weight excluding hydrogens is 258 g/mol. The normalized spacial score (nSPS) is 11.0. The molecule has 4 nitrogen and oxygen atoms in total. The Morgan fingerprint density at radius 2 is 2.32 bits per heavy atom. The maximum atomic E-state index is 12.3. The lowest BCUT2D eigenvalue weighted by Crippen LogP contribution is -2.07. The topological polar surface area (TPSA) is 60.4 Å². The van der Waals surface area contributed by atoms with Crippen LogP contribution in [0, 0.1) is 6.92 Å². The van der Waals surface area contributed by atoms with E-state index in [0.29, 0.717) is 17.7 Å². The lowest BCUT2D eigenvalue weighted by atomic mass is 10.0. The van der Waals surface area contributed by atoms with E-state index in [1.54, 1.807) is 23.5 Å². The molecule has 2 N–H and O–H groups in total. The molecule has 3 aromatic rings. The van der Waals surface area contributed by atoms with E-state index in [-0.39, 0.29) is 5.78 Å². The predicted octanol–water partition coefficient (Wildman–Crippen LogP) is 2.71. The van der Waals surface area contributed by atoms with Crippen molar-refractivity contribution in [3.05, 3.63) is 52.8 Å². The fourth-order valence-electron chi connectivity index (χ4n) is 2.08. The summed E-state index contributed by atoms with van der Waals surface area (Å²) in [5, 5.41) is 1.97. The quantitative estimate of drug-likeness (QED) is 0.588. The summed E-state index contributed by atoms with van der Waals surface area (Å²) in [6.07, 6.45) is 4.14. The van der Waals surface area contributed by atoms with Gasteiger partial charge in [0.1, 0.15) is 0 Å². The molecule has 0 bridgehead atoms. The third-order valence-electron chi connectivity index (χ3n) is 3.16. The minimum absolute atomic E-state index is 0.0514. The highest BCUT2D eigenvalue weighted by molar-refractivity contribution is 7.15. The fraction of sp³-hybridized carbons (Fsp3) is 0.143. The van der Waals surface area contributed by atoms with Gasteiger partial charge in [-0.1, -0.05) is 12.1 Å². The van der Waals surface area contributed by atoms with Crippen molar-refractivity contribution in [2.24, 2.45) is 0 Å². The Bertz CT molecular complexity index is 728. The maximum absolute atomic E-state index is 12.3. The maximum Gasteiger partial charge on any atom is 0.193 e. The number of nitrogen functional groups attached to an aromatic ring is 1. The molecule has 0 unspecified atom stereocenters. The predicted molar refractivity (Wildman–Crippen MR) is 76.7 cm³/mol. The van der Waals surface area contributed by atoms with Gasteiger partial charge in [0, 0.05) is 29.0 Å². The monoisotopic (exact) mass is 271 g/mol. The number of hydrogen-bond acceptors (Lipinski definition) is 4. The highest BCUT2D eigenvalue weighted by Crippen LogP contribution is 2.18. The van der Waals surface area contributed by atoms with Gasteiger partial charge in [-0.05, 0) is 18.6 Å². The van der Waals surface area contributed by atoms with E-state index in [1.165, 1.54) is 0 Å². The van der Waals surface area contributed by atoms with Crippen molar-refractivity contribution < 1.29 is 4.79 Å². The van der Waals surface area contributed by atoms with E-state index in [2.05, 4.69) is 4.98 Å². The van der Waals surface area contributed by atoms with Crippen LogP contribution >= 0.6 is 11.3 Å². The first-order chi connectivity index (χ1) is 9.15. The Hall–Kier alpha value is -2.14. The number of nitrogens with two attached hydrogens (primary N) is 1. The van der Waals surface area contributed by atoms with E-state index in [1.807, 2.05) is 35.2 Å². The number of anilines is 1. The van der Waals surface area contributed by atoms with Gasteiger partial charge in [-0.2, -0.15) is 0 Å². The van der Waals surface area contributed by atoms with Crippen molar-refractivity contribution in [1.82, 2.24) is 9.38 Å². The fourth-order valence-corrected chi connectivity index (χ4v) is 2.80. The van der Waals surface area contributed by atoms with Crippen LogP contribution in [0.2, 0.25) is 0 Å². The molecule has 0 aliphatic carbocycles. The van der Waals surface area contributed by atoms with Gasteiger partial charge in [-0.25, -0.2) is 4.98 Å². The van der Waals surface area contributed by atoms with E-state index in [0.717, 1.165) is 16.2 Å². The van der Waals surface area contributed by atoms with Gasteiger partial charge in [0.05, 0.1) is 12.1 Å². The zero-order valence-electron chi connectivity index (χ0n) is 10.5. The van der Waals surface area contributed by atoms with Crippen molar-refractivity contribution in [2.75, 3.05) is 5.73 Å². The zero-order chi connectivity index (χ0) is 13.4. The first kappa shape index (κ1) is 11.9. The number of ketones is 1. The third-order valence-corrected chi connectivity index (χ3v) is 3.93. The molecule has 0 atom stereocenters. The molecular formula is C14H13N3OS. The molecule has 96 valence electrons. The average Bonchev–Trinajstić information content (AvgIpc) is 2.93. The van der Waals surface area contributed by atoms with Crippen molar-refractivity contribution in [1.29, 1.82) is 0 Å². The van der Waals surface area contributed by atoms with E-state index < -0.39 is 0 Å². The highest BCUT2D eigenvalue weighted by atomic mass is 32.1. The van der Waals surface area contributed by atoms with E-state index in [9.17, 15) is 4.79 Å². The number of carbonyl (C=O) groups excluding carboxylic acids is 1. The summed E-state index contributed by atoms with van der Waals surface area (Å²) in [5.41, 5.74) is 8.78. The molecule has 0 aliphatic heterocycles. The number of aromatic nitrogens is 2. The number of Topliss-reactive ketones (excluding diaryl/α,β-unsaturated/α-hetero) is 1. The Morgan fingerprint density at radius 1 is 1.47 bits per heavy atom. The molecule has 0 fully saturated rings. The van der Waals surface area contributed by atoms with Gasteiger partial charge < -0.3 is 5.73 Å². The van der Waals surface area contributed by atoms with Gasteiger partial charge in [-0.15, -0.1) is 11.3 Å². The molecule has 0 aliphatic rings. The molecule has 0 saturated heterocycles. The minimum Gasteiger partial charge on any atom is -0.398 e. The SMILES string of the molecule is Cc1c(N)cccc1C(=O)Cc1cn2ccsc2n1. The van der Waals surface area contributed by atoms with E-state index in [4.69, 9.17) is 5.73 Å². The van der Waals surface area contributed by atoms with Crippen LogP contribution in [0.3, 0.4) is 0 Å². The Kier molecular flexibility index (Phi) is 2.83. The minimum atomic E-state index is 0.0514. The summed E-state index contributed by atoms with van der Waals surface area (Å²) in [5.74, 6) is 0.0514. The van der Waals surface area contributed by atoms with Crippen molar-refractivity contribution >= 4 is 27.8 Å². The second-order valence-corrected chi connectivity index (χ2v) is 5.32. The number of thiazole rings is 1. The second-order valence-electron chi connectivity index (χ2n) is 4.44. The third kappa shape index (κ3) is 2.13. The summed E-state index contributed by atoms with van der Waals surface area (Å²) in [6.45, 7) is 1.87. The second kappa shape index (κ2) is 4.51. The lowest BCUT2D eigenvalue weighted by Gasteiger charge is -2.06.